The SMILES string of the molecule is CCCCCC(=O)Nc1ccc2ncnc(N=CC(C(=O)OCC)C(=O)OCC)c2c1. The first kappa shape index (κ1) is 23.9. The Kier molecular flexibility index (Phi) is 9.54. The van der Waals surface area contributed by atoms with E-state index in [4.69, 9.17) is 9.47 Å². The summed E-state index contributed by atoms with van der Waals surface area (Å²) in [7, 11) is 0. The number of nitrogens with one attached hydrogen (secondary N) is 1. The first-order valence-corrected chi connectivity index (χ1v) is 10.4. The number of fused-ring (bicyclic) bond motifs is 1. The van der Waals surface area contributed by atoms with Crippen molar-refractivity contribution in [2.75, 3.05) is 18.5 Å². The van der Waals surface area contributed by atoms with E-state index in [1.807, 2.05) is 0 Å². The van der Waals surface area contributed by atoms with E-state index in [0.717, 1.165) is 25.5 Å². The number of ether oxygens (including phenoxy) is 2. The summed E-state index contributed by atoms with van der Waals surface area (Å²) in [4.78, 5) is 49.0. The molecule has 2 rings (SSSR count). The molecule has 0 aliphatic carbocycles. The van der Waals surface area contributed by atoms with E-state index < -0.39 is 17.9 Å². The highest BCUT2D eigenvalue weighted by Crippen LogP contribution is 2.25. The van der Waals surface area contributed by atoms with Crippen molar-refractivity contribution in [2.45, 2.75) is 46.5 Å². The fourth-order valence-corrected chi connectivity index (χ4v) is 2.81. The summed E-state index contributed by atoms with van der Waals surface area (Å²) >= 11 is 0. The van der Waals surface area contributed by atoms with Crippen molar-refractivity contribution in [3.8, 4) is 0 Å². The van der Waals surface area contributed by atoms with Crippen molar-refractivity contribution in [1.29, 1.82) is 0 Å². The number of carbonyl (C=O) groups is 3. The molecule has 9 nitrogen and oxygen atoms in total. The van der Waals surface area contributed by atoms with Gasteiger partial charge in [-0.2, -0.15) is 0 Å². The smallest absolute Gasteiger partial charge is 0.325 e. The number of esters is 2. The molecule has 1 amide bonds. The molecular weight excluding hydrogens is 400 g/mol. The predicted molar refractivity (Wildman–Crippen MR) is 117 cm³/mol. The topological polar surface area (TPSA) is 120 Å². The minimum atomic E-state index is -1.30. The van der Waals surface area contributed by atoms with Crippen LogP contribution in [-0.2, 0) is 23.9 Å². The van der Waals surface area contributed by atoms with Gasteiger partial charge in [0.2, 0.25) is 5.91 Å². The molecule has 1 aromatic heterocycles. The molecule has 0 saturated heterocycles. The number of hydrogen-bond acceptors (Lipinski definition) is 8. The summed E-state index contributed by atoms with van der Waals surface area (Å²) in [5, 5.41) is 3.43. The van der Waals surface area contributed by atoms with Crippen molar-refractivity contribution >= 4 is 46.5 Å². The van der Waals surface area contributed by atoms with Crippen LogP contribution < -0.4 is 5.32 Å². The standard InChI is InChI=1S/C22H28N4O5/c1-4-7-8-9-19(27)26-15-10-11-18-16(12-15)20(25-14-24-18)23-13-17(21(28)30-5-2)22(29)31-6-3/h10-14,17H,4-9H2,1-3H3,(H,26,27). The summed E-state index contributed by atoms with van der Waals surface area (Å²) < 4.78 is 9.88. The maximum atomic E-state index is 12.1. The van der Waals surface area contributed by atoms with Gasteiger partial charge in [0.05, 0.1) is 18.7 Å². The molecule has 0 bridgehead atoms. The normalized spacial score (nSPS) is 11.1. The lowest BCUT2D eigenvalue weighted by Gasteiger charge is -2.10. The quantitative estimate of drug-likeness (QED) is 0.251. The Bertz CT molecular complexity index is 927. The number of unbranched alkanes of at least 4 members (excludes halogenated alkanes) is 2. The molecule has 0 spiro atoms. The zero-order valence-electron chi connectivity index (χ0n) is 18.1. The number of anilines is 1. The van der Waals surface area contributed by atoms with E-state index in [-0.39, 0.29) is 24.9 Å². The minimum absolute atomic E-state index is 0.0700. The first-order valence-electron chi connectivity index (χ1n) is 10.4. The molecule has 0 atom stereocenters. The van der Waals surface area contributed by atoms with E-state index in [1.54, 1.807) is 32.0 Å². The zero-order valence-corrected chi connectivity index (χ0v) is 18.1. The Morgan fingerprint density at radius 1 is 1.06 bits per heavy atom. The van der Waals surface area contributed by atoms with E-state index >= 15 is 0 Å². The average molecular weight is 428 g/mol. The highest BCUT2D eigenvalue weighted by molar-refractivity contribution is 6.10. The molecule has 0 aliphatic heterocycles. The third-order valence-corrected chi connectivity index (χ3v) is 4.33. The van der Waals surface area contributed by atoms with Crippen molar-refractivity contribution in [1.82, 2.24) is 9.97 Å². The Morgan fingerprint density at radius 3 is 2.42 bits per heavy atom. The van der Waals surface area contributed by atoms with Gasteiger partial charge in [0.1, 0.15) is 6.33 Å². The largest absolute Gasteiger partial charge is 0.465 e. The van der Waals surface area contributed by atoms with Crippen LogP contribution in [0, 0.1) is 5.92 Å². The molecule has 1 heterocycles. The second-order valence-corrected chi connectivity index (χ2v) is 6.69. The molecule has 0 saturated carbocycles. The number of hydrogen-bond donors (Lipinski definition) is 1. The molecular formula is C22H28N4O5. The molecule has 0 radical (unpaired) electrons. The van der Waals surface area contributed by atoms with Gasteiger partial charge in [-0.1, -0.05) is 19.8 Å². The number of nitrogens with zero attached hydrogens (tertiary/aromatic N) is 3. The van der Waals surface area contributed by atoms with Crippen LogP contribution in [0.2, 0.25) is 0 Å². The molecule has 31 heavy (non-hydrogen) atoms. The highest BCUT2D eigenvalue weighted by atomic mass is 16.6. The predicted octanol–water partition coefficient (Wildman–Crippen LogP) is 3.59. The van der Waals surface area contributed by atoms with Crippen LogP contribution >= 0.6 is 0 Å². The summed E-state index contributed by atoms with van der Waals surface area (Å²) in [5.41, 5.74) is 1.20. The second-order valence-electron chi connectivity index (χ2n) is 6.69. The van der Waals surface area contributed by atoms with Gasteiger partial charge in [0, 0.05) is 23.7 Å². The van der Waals surface area contributed by atoms with Gasteiger partial charge in [-0.15, -0.1) is 0 Å². The lowest BCUT2D eigenvalue weighted by atomic mass is 10.1. The fraction of sp³-hybridized carbons (Fsp3) is 0.455. The lowest BCUT2D eigenvalue weighted by molar-refractivity contribution is -0.157. The van der Waals surface area contributed by atoms with Crippen LogP contribution in [0.5, 0.6) is 0 Å². The van der Waals surface area contributed by atoms with E-state index in [1.165, 1.54) is 6.33 Å². The van der Waals surface area contributed by atoms with Crippen LogP contribution in [0.15, 0.2) is 29.5 Å². The third-order valence-electron chi connectivity index (χ3n) is 4.33. The molecule has 9 heteroatoms. The van der Waals surface area contributed by atoms with Crippen molar-refractivity contribution < 1.29 is 23.9 Å². The maximum absolute atomic E-state index is 12.1. The summed E-state index contributed by atoms with van der Waals surface area (Å²) in [6.45, 7) is 5.62. The van der Waals surface area contributed by atoms with Crippen molar-refractivity contribution in [3.63, 3.8) is 0 Å². The van der Waals surface area contributed by atoms with Gasteiger partial charge in [-0.25, -0.2) is 15.0 Å². The van der Waals surface area contributed by atoms with Gasteiger partial charge >= 0.3 is 11.9 Å². The number of rotatable bonds is 11. The third kappa shape index (κ3) is 7.13. The fourth-order valence-electron chi connectivity index (χ4n) is 2.81. The van der Waals surface area contributed by atoms with Crippen LogP contribution in [0.4, 0.5) is 11.5 Å². The number of aliphatic imine (C=N–C) groups is 1. The zero-order chi connectivity index (χ0) is 22.6. The van der Waals surface area contributed by atoms with Gasteiger partial charge in [-0.3, -0.25) is 14.4 Å². The molecule has 0 aliphatic rings. The Morgan fingerprint density at radius 2 is 1.77 bits per heavy atom. The Hall–Kier alpha value is -3.36. The van der Waals surface area contributed by atoms with Gasteiger partial charge in [0.25, 0.3) is 0 Å². The second kappa shape index (κ2) is 12.4. The van der Waals surface area contributed by atoms with Gasteiger partial charge < -0.3 is 14.8 Å². The van der Waals surface area contributed by atoms with Crippen LogP contribution in [-0.4, -0.2) is 47.2 Å². The van der Waals surface area contributed by atoms with E-state index in [0.29, 0.717) is 23.0 Å². The molecule has 1 N–H and O–H groups in total. The van der Waals surface area contributed by atoms with Crippen molar-refractivity contribution in [2.24, 2.45) is 10.9 Å². The Labute approximate surface area is 181 Å². The lowest BCUT2D eigenvalue weighted by Crippen LogP contribution is -2.29. The van der Waals surface area contributed by atoms with Crippen molar-refractivity contribution in [3.05, 3.63) is 24.5 Å². The van der Waals surface area contributed by atoms with Crippen LogP contribution in [0.3, 0.4) is 0 Å². The molecule has 2 aromatic rings. The number of amides is 1. The van der Waals surface area contributed by atoms with E-state index in [9.17, 15) is 14.4 Å². The maximum Gasteiger partial charge on any atom is 0.325 e. The summed E-state index contributed by atoms with van der Waals surface area (Å²) in [6.07, 6.45) is 5.82. The van der Waals surface area contributed by atoms with Crippen LogP contribution in [0.25, 0.3) is 10.9 Å². The molecule has 166 valence electrons. The summed E-state index contributed by atoms with van der Waals surface area (Å²) in [6, 6.07) is 5.20. The number of benzene rings is 1. The van der Waals surface area contributed by atoms with Crippen LogP contribution in [0.1, 0.15) is 46.5 Å². The highest BCUT2D eigenvalue weighted by Gasteiger charge is 2.27. The molecule has 0 unspecified atom stereocenters. The monoisotopic (exact) mass is 428 g/mol. The minimum Gasteiger partial charge on any atom is -0.465 e. The number of carbonyl (C=O) groups excluding carboxylic acids is 3. The molecule has 0 fully saturated rings. The summed E-state index contributed by atoms with van der Waals surface area (Å²) in [5.74, 6) is -2.61. The number of aromatic nitrogens is 2. The molecule has 1 aromatic carbocycles. The van der Waals surface area contributed by atoms with Gasteiger partial charge in [-0.05, 0) is 38.5 Å². The first-order chi connectivity index (χ1) is 15.0. The Balaban J connectivity index is 2.28. The average Bonchev–Trinajstić information content (AvgIpc) is 2.74. The van der Waals surface area contributed by atoms with E-state index in [2.05, 4.69) is 27.2 Å². The van der Waals surface area contributed by atoms with Gasteiger partial charge in [0.15, 0.2) is 11.7 Å².